The number of hydrogen-bond donors (Lipinski definition) is 1. The summed E-state index contributed by atoms with van der Waals surface area (Å²) in [4.78, 5) is 29.8. The number of fused-ring (bicyclic) bond motifs is 1. The quantitative estimate of drug-likeness (QED) is 0.448. The summed E-state index contributed by atoms with van der Waals surface area (Å²) in [5, 5.41) is 5.34. The van der Waals surface area contributed by atoms with Crippen LogP contribution >= 0.6 is 23.1 Å². The zero-order valence-corrected chi connectivity index (χ0v) is 17.7. The Morgan fingerprint density at radius 1 is 1.39 bits per heavy atom. The van der Waals surface area contributed by atoms with Crippen LogP contribution in [0.3, 0.4) is 0 Å². The predicted molar refractivity (Wildman–Crippen MR) is 115 cm³/mol. The molecule has 2 aromatic heterocycles. The van der Waals surface area contributed by atoms with Gasteiger partial charge in [0.2, 0.25) is 5.91 Å². The van der Waals surface area contributed by atoms with Gasteiger partial charge in [0.1, 0.15) is 10.4 Å². The highest BCUT2D eigenvalue weighted by Gasteiger charge is 2.15. The first-order valence-corrected chi connectivity index (χ1v) is 10.9. The minimum atomic E-state index is -0.0901. The number of carbonyl (C=O) groups excluding carboxylic acids is 1. The Morgan fingerprint density at radius 3 is 2.96 bits per heavy atom. The number of hydrogen-bond acceptors (Lipinski definition) is 6. The van der Waals surface area contributed by atoms with Crippen molar-refractivity contribution in [3.05, 3.63) is 51.6 Å². The van der Waals surface area contributed by atoms with Gasteiger partial charge in [0, 0.05) is 6.04 Å². The lowest BCUT2D eigenvalue weighted by Gasteiger charge is -2.14. The molecular formula is C20H23N3O3S2. The molecule has 0 spiro atoms. The van der Waals surface area contributed by atoms with E-state index in [1.54, 1.807) is 11.7 Å². The van der Waals surface area contributed by atoms with Crippen LogP contribution in [0.5, 0.6) is 5.75 Å². The third-order valence-corrected chi connectivity index (χ3v) is 6.23. The number of benzene rings is 1. The van der Waals surface area contributed by atoms with Crippen LogP contribution in [0.1, 0.15) is 25.8 Å². The zero-order chi connectivity index (χ0) is 20.1. The summed E-state index contributed by atoms with van der Waals surface area (Å²) in [7, 11) is 1.61. The smallest absolute Gasteiger partial charge is 0.272 e. The average molecular weight is 418 g/mol. The van der Waals surface area contributed by atoms with E-state index in [0.29, 0.717) is 21.9 Å². The lowest BCUT2D eigenvalue weighted by molar-refractivity contribution is -0.119. The van der Waals surface area contributed by atoms with E-state index in [-0.39, 0.29) is 23.3 Å². The van der Waals surface area contributed by atoms with Crippen LogP contribution in [0.25, 0.3) is 10.2 Å². The number of rotatable bonds is 8. The van der Waals surface area contributed by atoms with E-state index in [4.69, 9.17) is 4.74 Å². The highest BCUT2D eigenvalue weighted by molar-refractivity contribution is 7.99. The van der Waals surface area contributed by atoms with Gasteiger partial charge in [-0.25, -0.2) is 4.98 Å². The van der Waals surface area contributed by atoms with E-state index in [2.05, 4.69) is 10.3 Å². The third kappa shape index (κ3) is 4.74. The van der Waals surface area contributed by atoms with Crippen molar-refractivity contribution in [3.63, 3.8) is 0 Å². The normalized spacial score (nSPS) is 12.1. The molecule has 0 aliphatic heterocycles. The molecule has 0 bridgehead atoms. The first-order chi connectivity index (χ1) is 13.5. The number of aromatic nitrogens is 2. The van der Waals surface area contributed by atoms with E-state index in [1.165, 1.54) is 23.1 Å². The van der Waals surface area contributed by atoms with Crippen molar-refractivity contribution < 1.29 is 9.53 Å². The second-order valence-corrected chi connectivity index (χ2v) is 8.30. The maximum absolute atomic E-state index is 13.0. The van der Waals surface area contributed by atoms with Gasteiger partial charge in [0.15, 0.2) is 5.16 Å². The summed E-state index contributed by atoms with van der Waals surface area (Å²) in [6, 6.07) is 9.55. The number of amides is 1. The minimum Gasteiger partial charge on any atom is -0.497 e. The van der Waals surface area contributed by atoms with Gasteiger partial charge in [-0.15, -0.1) is 11.3 Å². The molecule has 1 unspecified atom stereocenters. The first-order valence-electron chi connectivity index (χ1n) is 9.05. The summed E-state index contributed by atoms with van der Waals surface area (Å²) >= 11 is 2.66. The molecule has 2 heterocycles. The predicted octanol–water partition coefficient (Wildman–Crippen LogP) is 3.52. The molecule has 1 amide bonds. The van der Waals surface area contributed by atoms with E-state index < -0.39 is 0 Å². The Labute approximate surface area is 171 Å². The molecular weight excluding hydrogens is 394 g/mol. The van der Waals surface area contributed by atoms with Gasteiger partial charge in [0.05, 0.1) is 24.9 Å². The molecule has 1 N–H and O–H groups in total. The largest absolute Gasteiger partial charge is 0.497 e. The average Bonchev–Trinajstić information content (AvgIpc) is 3.17. The van der Waals surface area contributed by atoms with Crippen LogP contribution in [-0.2, 0) is 11.3 Å². The number of methoxy groups -OCH3 is 1. The SMILES string of the molecule is CCC(C)NC(=O)CSc1nc2ccsc2c(=O)n1Cc1cccc(OC)c1. The molecule has 0 fully saturated rings. The van der Waals surface area contributed by atoms with E-state index in [9.17, 15) is 9.59 Å². The van der Waals surface area contributed by atoms with Crippen LogP contribution in [0, 0.1) is 0 Å². The van der Waals surface area contributed by atoms with Crippen molar-refractivity contribution >= 4 is 39.2 Å². The lowest BCUT2D eigenvalue weighted by Crippen LogP contribution is -2.33. The van der Waals surface area contributed by atoms with E-state index in [0.717, 1.165) is 17.7 Å². The highest BCUT2D eigenvalue weighted by atomic mass is 32.2. The lowest BCUT2D eigenvalue weighted by atomic mass is 10.2. The maximum atomic E-state index is 13.0. The number of thioether (sulfide) groups is 1. The fraction of sp³-hybridized carbons (Fsp3) is 0.350. The molecule has 0 aliphatic carbocycles. The molecule has 6 nitrogen and oxygen atoms in total. The standard InChI is InChI=1S/C20H23N3O3S2/c1-4-13(2)21-17(24)12-28-20-22-16-8-9-27-18(16)19(25)23(20)11-14-6-5-7-15(10-14)26-3/h5-10,13H,4,11-12H2,1-3H3,(H,21,24). The molecule has 1 aromatic carbocycles. The molecule has 0 aliphatic rings. The Bertz CT molecular complexity index is 1030. The number of carbonyl (C=O) groups is 1. The molecule has 0 saturated heterocycles. The summed E-state index contributed by atoms with van der Waals surface area (Å²) in [5.74, 6) is 0.884. The van der Waals surface area contributed by atoms with Crippen molar-refractivity contribution in [1.82, 2.24) is 14.9 Å². The van der Waals surface area contributed by atoms with Gasteiger partial charge in [0.25, 0.3) is 5.56 Å². The Kier molecular flexibility index (Phi) is 6.74. The number of nitrogens with zero attached hydrogens (tertiary/aromatic N) is 2. The highest BCUT2D eigenvalue weighted by Crippen LogP contribution is 2.22. The molecule has 3 rings (SSSR count). The van der Waals surface area contributed by atoms with E-state index >= 15 is 0 Å². The van der Waals surface area contributed by atoms with Crippen molar-refractivity contribution in [2.75, 3.05) is 12.9 Å². The van der Waals surface area contributed by atoms with Crippen LogP contribution < -0.4 is 15.6 Å². The number of ether oxygens (including phenoxy) is 1. The van der Waals surface area contributed by atoms with Crippen LogP contribution in [0.15, 0.2) is 45.7 Å². The molecule has 1 atom stereocenters. The van der Waals surface area contributed by atoms with Crippen molar-refractivity contribution in [3.8, 4) is 5.75 Å². The molecule has 8 heteroatoms. The fourth-order valence-electron chi connectivity index (χ4n) is 2.68. The van der Waals surface area contributed by atoms with Crippen LogP contribution in [-0.4, -0.2) is 34.4 Å². The van der Waals surface area contributed by atoms with Gasteiger partial charge in [-0.1, -0.05) is 30.8 Å². The summed E-state index contributed by atoms with van der Waals surface area (Å²) in [6.07, 6.45) is 0.871. The van der Waals surface area contributed by atoms with Crippen molar-refractivity contribution in [2.45, 2.75) is 38.0 Å². The zero-order valence-electron chi connectivity index (χ0n) is 16.1. The van der Waals surface area contributed by atoms with Gasteiger partial charge in [-0.05, 0) is 42.5 Å². The molecule has 148 valence electrons. The maximum Gasteiger partial charge on any atom is 0.272 e. The number of nitrogens with one attached hydrogen (secondary N) is 1. The fourth-order valence-corrected chi connectivity index (χ4v) is 4.26. The Morgan fingerprint density at radius 2 is 2.21 bits per heavy atom. The van der Waals surface area contributed by atoms with Crippen molar-refractivity contribution in [1.29, 1.82) is 0 Å². The van der Waals surface area contributed by atoms with Gasteiger partial charge < -0.3 is 10.1 Å². The van der Waals surface area contributed by atoms with Gasteiger partial charge in [-0.3, -0.25) is 14.2 Å². The topological polar surface area (TPSA) is 73.2 Å². The van der Waals surface area contributed by atoms with Crippen LogP contribution in [0.4, 0.5) is 0 Å². The van der Waals surface area contributed by atoms with Gasteiger partial charge in [-0.2, -0.15) is 0 Å². The summed E-state index contributed by atoms with van der Waals surface area (Å²) in [6.45, 7) is 4.36. The first kappa shape index (κ1) is 20.4. The van der Waals surface area contributed by atoms with Gasteiger partial charge >= 0.3 is 0 Å². The third-order valence-electron chi connectivity index (χ3n) is 4.36. The summed E-state index contributed by atoms with van der Waals surface area (Å²) in [5.41, 5.74) is 1.51. The molecule has 0 saturated carbocycles. The minimum absolute atomic E-state index is 0.0630. The monoisotopic (exact) mass is 417 g/mol. The molecule has 0 radical (unpaired) electrons. The van der Waals surface area contributed by atoms with E-state index in [1.807, 2.05) is 49.6 Å². The second-order valence-electron chi connectivity index (χ2n) is 6.44. The second kappa shape index (κ2) is 9.25. The molecule has 28 heavy (non-hydrogen) atoms. The Hall–Kier alpha value is -2.32. The van der Waals surface area contributed by atoms with Crippen LogP contribution in [0.2, 0.25) is 0 Å². The summed E-state index contributed by atoms with van der Waals surface area (Å²) < 4.78 is 7.53. The number of thiophene rings is 1. The van der Waals surface area contributed by atoms with Crippen molar-refractivity contribution in [2.24, 2.45) is 0 Å². The Balaban J connectivity index is 1.90. The molecule has 3 aromatic rings.